The van der Waals surface area contributed by atoms with E-state index in [1.165, 1.54) is 0 Å². The van der Waals surface area contributed by atoms with Crippen molar-refractivity contribution in [2.75, 3.05) is 13.1 Å². The standard InChI is InChI=1S/C15H20ClN3O2/c16-12-5-3-11(4-6-12)13(20)18-9-10-19-14(21)15(17)7-1-2-8-15/h3-6H,1-2,7-10,17H2,(H,18,20)(H,19,21). The van der Waals surface area contributed by atoms with Gasteiger partial charge in [-0.2, -0.15) is 0 Å². The molecule has 0 aliphatic heterocycles. The van der Waals surface area contributed by atoms with E-state index in [0.29, 0.717) is 23.7 Å². The van der Waals surface area contributed by atoms with Gasteiger partial charge < -0.3 is 16.4 Å². The Kier molecular flexibility index (Phi) is 5.20. The Bertz CT molecular complexity index is 510. The van der Waals surface area contributed by atoms with Crippen LogP contribution in [0.25, 0.3) is 0 Å². The first-order chi connectivity index (χ1) is 10.0. The maximum absolute atomic E-state index is 12.0. The first-order valence-electron chi connectivity index (χ1n) is 7.12. The quantitative estimate of drug-likeness (QED) is 0.720. The fourth-order valence-electron chi connectivity index (χ4n) is 2.46. The smallest absolute Gasteiger partial charge is 0.251 e. The van der Waals surface area contributed by atoms with Crippen LogP contribution in [0, 0.1) is 0 Å². The summed E-state index contributed by atoms with van der Waals surface area (Å²) in [5, 5.41) is 6.11. The lowest BCUT2D eigenvalue weighted by molar-refractivity contribution is -0.126. The number of benzene rings is 1. The highest BCUT2D eigenvalue weighted by atomic mass is 35.5. The van der Waals surface area contributed by atoms with Gasteiger partial charge in [0.1, 0.15) is 0 Å². The van der Waals surface area contributed by atoms with E-state index in [4.69, 9.17) is 17.3 Å². The molecule has 0 saturated heterocycles. The van der Waals surface area contributed by atoms with E-state index in [2.05, 4.69) is 10.6 Å². The monoisotopic (exact) mass is 309 g/mol. The van der Waals surface area contributed by atoms with E-state index in [-0.39, 0.29) is 11.8 Å². The molecule has 0 heterocycles. The van der Waals surface area contributed by atoms with Crippen LogP contribution in [0.5, 0.6) is 0 Å². The summed E-state index contributed by atoms with van der Waals surface area (Å²) in [6.07, 6.45) is 3.46. The van der Waals surface area contributed by atoms with E-state index in [1.807, 2.05) is 0 Å². The van der Waals surface area contributed by atoms with E-state index in [9.17, 15) is 9.59 Å². The lowest BCUT2D eigenvalue weighted by Crippen LogP contribution is -2.53. The molecule has 2 rings (SSSR count). The first kappa shape index (κ1) is 15.8. The molecule has 1 aromatic carbocycles. The molecule has 21 heavy (non-hydrogen) atoms. The zero-order chi connectivity index (χ0) is 15.3. The van der Waals surface area contributed by atoms with Gasteiger partial charge in [0, 0.05) is 23.7 Å². The fraction of sp³-hybridized carbons (Fsp3) is 0.467. The third-order valence-electron chi connectivity index (χ3n) is 3.75. The predicted molar refractivity (Wildman–Crippen MR) is 82.2 cm³/mol. The maximum atomic E-state index is 12.0. The van der Waals surface area contributed by atoms with Crippen molar-refractivity contribution in [2.24, 2.45) is 5.73 Å². The van der Waals surface area contributed by atoms with Crippen LogP contribution in [0.15, 0.2) is 24.3 Å². The summed E-state index contributed by atoms with van der Waals surface area (Å²) in [5.74, 6) is -0.315. The van der Waals surface area contributed by atoms with Crippen molar-refractivity contribution >= 4 is 23.4 Å². The number of hydrogen-bond donors (Lipinski definition) is 3. The Morgan fingerprint density at radius 1 is 1.10 bits per heavy atom. The van der Waals surface area contributed by atoms with Gasteiger partial charge in [0.25, 0.3) is 5.91 Å². The van der Waals surface area contributed by atoms with Crippen molar-refractivity contribution in [1.29, 1.82) is 0 Å². The molecular weight excluding hydrogens is 290 g/mol. The van der Waals surface area contributed by atoms with Gasteiger partial charge in [-0.15, -0.1) is 0 Å². The van der Waals surface area contributed by atoms with Gasteiger partial charge in [-0.1, -0.05) is 24.4 Å². The van der Waals surface area contributed by atoms with Crippen LogP contribution in [-0.4, -0.2) is 30.4 Å². The van der Waals surface area contributed by atoms with Crippen molar-refractivity contribution < 1.29 is 9.59 Å². The molecule has 0 radical (unpaired) electrons. The zero-order valence-corrected chi connectivity index (χ0v) is 12.6. The van der Waals surface area contributed by atoms with Crippen molar-refractivity contribution in [1.82, 2.24) is 10.6 Å². The van der Waals surface area contributed by atoms with Gasteiger partial charge in [0.15, 0.2) is 0 Å². The Hall–Kier alpha value is -1.59. The van der Waals surface area contributed by atoms with E-state index in [0.717, 1.165) is 25.7 Å². The number of carbonyl (C=O) groups is 2. The number of nitrogens with two attached hydrogens (primary N) is 1. The molecule has 6 heteroatoms. The van der Waals surface area contributed by atoms with E-state index >= 15 is 0 Å². The summed E-state index contributed by atoms with van der Waals surface area (Å²) in [7, 11) is 0. The largest absolute Gasteiger partial charge is 0.353 e. The Labute approximate surface area is 129 Å². The van der Waals surface area contributed by atoms with Gasteiger partial charge >= 0.3 is 0 Å². The van der Waals surface area contributed by atoms with Crippen molar-refractivity contribution in [3.63, 3.8) is 0 Å². The second-order valence-corrected chi connectivity index (χ2v) is 5.82. The number of halogens is 1. The van der Waals surface area contributed by atoms with Crippen molar-refractivity contribution in [2.45, 2.75) is 31.2 Å². The highest BCUT2D eigenvalue weighted by molar-refractivity contribution is 6.30. The number of nitrogens with one attached hydrogen (secondary N) is 2. The number of carbonyl (C=O) groups excluding carboxylic acids is 2. The van der Waals surface area contributed by atoms with Crippen LogP contribution in [-0.2, 0) is 4.79 Å². The number of hydrogen-bond acceptors (Lipinski definition) is 3. The van der Waals surface area contributed by atoms with Gasteiger partial charge in [-0.05, 0) is 37.1 Å². The van der Waals surface area contributed by atoms with Crippen LogP contribution in [0.1, 0.15) is 36.0 Å². The summed E-state index contributed by atoms with van der Waals surface area (Å²) in [5.41, 5.74) is 5.85. The molecule has 5 nitrogen and oxygen atoms in total. The third kappa shape index (κ3) is 4.19. The van der Waals surface area contributed by atoms with Gasteiger partial charge in [-0.3, -0.25) is 9.59 Å². The second-order valence-electron chi connectivity index (χ2n) is 5.38. The summed E-state index contributed by atoms with van der Waals surface area (Å²) < 4.78 is 0. The molecule has 0 atom stereocenters. The molecule has 1 saturated carbocycles. The Morgan fingerprint density at radius 2 is 1.67 bits per heavy atom. The lowest BCUT2D eigenvalue weighted by Gasteiger charge is -2.22. The molecule has 0 unspecified atom stereocenters. The summed E-state index contributed by atoms with van der Waals surface area (Å²) in [4.78, 5) is 23.8. The fourth-order valence-corrected chi connectivity index (χ4v) is 2.59. The van der Waals surface area contributed by atoms with Crippen LogP contribution in [0.3, 0.4) is 0 Å². The Morgan fingerprint density at radius 3 is 2.29 bits per heavy atom. The average molecular weight is 310 g/mol. The minimum atomic E-state index is -0.722. The van der Waals surface area contributed by atoms with Crippen LogP contribution in [0.4, 0.5) is 0 Å². The van der Waals surface area contributed by atoms with E-state index < -0.39 is 5.54 Å². The predicted octanol–water partition coefficient (Wildman–Crippen LogP) is 1.46. The summed E-state index contributed by atoms with van der Waals surface area (Å²) in [6, 6.07) is 6.64. The molecule has 4 N–H and O–H groups in total. The summed E-state index contributed by atoms with van der Waals surface area (Å²) >= 11 is 5.76. The molecule has 1 aromatic rings. The first-order valence-corrected chi connectivity index (χ1v) is 7.50. The SMILES string of the molecule is NC1(C(=O)NCCNC(=O)c2ccc(Cl)cc2)CCCC1. The van der Waals surface area contributed by atoms with Crippen LogP contribution >= 0.6 is 11.6 Å². The minimum Gasteiger partial charge on any atom is -0.353 e. The molecule has 2 amide bonds. The van der Waals surface area contributed by atoms with Gasteiger partial charge in [0.05, 0.1) is 5.54 Å². The summed E-state index contributed by atoms with van der Waals surface area (Å²) in [6.45, 7) is 0.737. The second kappa shape index (κ2) is 6.91. The number of rotatable bonds is 5. The molecule has 0 bridgehead atoms. The molecule has 114 valence electrons. The molecule has 0 spiro atoms. The van der Waals surface area contributed by atoms with Crippen LogP contribution < -0.4 is 16.4 Å². The highest BCUT2D eigenvalue weighted by Gasteiger charge is 2.36. The topological polar surface area (TPSA) is 84.2 Å². The Balaban J connectivity index is 1.71. The van der Waals surface area contributed by atoms with Crippen molar-refractivity contribution in [3.05, 3.63) is 34.9 Å². The molecule has 1 fully saturated rings. The molecule has 1 aliphatic rings. The molecular formula is C15H20ClN3O2. The molecule has 0 aromatic heterocycles. The highest BCUT2D eigenvalue weighted by Crippen LogP contribution is 2.26. The van der Waals surface area contributed by atoms with Crippen molar-refractivity contribution in [3.8, 4) is 0 Å². The lowest BCUT2D eigenvalue weighted by atomic mass is 9.98. The molecule has 1 aliphatic carbocycles. The normalized spacial score (nSPS) is 16.5. The third-order valence-corrected chi connectivity index (χ3v) is 4.00. The van der Waals surface area contributed by atoms with Crippen LogP contribution in [0.2, 0.25) is 5.02 Å². The van der Waals surface area contributed by atoms with E-state index in [1.54, 1.807) is 24.3 Å². The minimum absolute atomic E-state index is 0.124. The number of amides is 2. The van der Waals surface area contributed by atoms with Gasteiger partial charge in [0.2, 0.25) is 5.91 Å². The van der Waals surface area contributed by atoms with Gasteiger partial charge in [-0.25, -0.2) is 0 Å². The maximum Gasteiger partial charge on any atom is 0.251 e. The average Bonchev–Trinajstić information content (AvgIpc) is 2.92. The zero-order valence-electron chi connectivity index (χ0n) is 11.8.